The molecule has 3 amide bonds. The molecule has 1 unspecified atom stereocenters. The van der Waals surface area contributed by atoms with Crippen LogP contribution in [0.5, 0.6) is 0 Å². The number of alkyl halides is 3. The molecular formula is C23H20F3N5O2. The van der Waals surface area contributed by atoms with Gasteiger partial charge in [-0.15, -0.1) is 0 Å². The van der Waals surface area contributed by atoms with Crippen LogP contribution in [0.25, 0.3) is 10.9 Å². The molecule has 0 spiro atoms. The minimum absolute atomic E-state index is 0.170. The number of halogens is 3. The Morgan fingerprint density at radius 3 is 2.48 bits per heavy atom. The lowest BCUT2D eigenvalue weighted by molar-refractivity contribution is -0.141. The van der Waals surface area contributed by atoms with Crippen LogP contribution in [0.1, 0.15) is 18.2 Å². The number of hydrogen-bond donors (Lipinski definition) is 0. The first kappa shape index (κ1) is 21.2. The first-order chi connectivity index (χ1) is 15.8. The van der Waals surface area contributed by atoms with Gasteiger partial charge in [0.05, 0.1) is 11.2 Å². The molecular weight excluding hydrogens is 435 g/mol. The summed E-state index contributed by atoms with van der Waals surface area (Å²) in [6, 6.07) is 9.95. The summed E-state index contributed by atoms with van der Waals surface area (Å²) in [6.45, 7) is 2.91. The summed E-state index contributed by atoms with van der Waals surface area (Å²) < 4.78 is 39.1. The van der Waals surface area contributed by atoms with Crippen molar-refractivity contribution in [2.45, 2.75) is 25.6 Å². The lowest BCUT2D eigenvalue weighted by Gasteiger charge is -2.36. The third-order valence-electron chi connectivity index (χ3n) is 6.11. The topological polar surface area (TPSA) is 69.6 Å². The number of anilines is 2. The van der Waals surface area contributed by atoms with Gasteiger partial charge in [0.1, 0.15) is 17.6 Å². The van der Waals surface area contributed by atoms with E-state index in [1.165, 1.54) is 28.1 Å². The molecule has 10 heteroatoms. The van der Waals surface area contributed by atoms with E-state index in [0.717, 1.165) is 18.1 Å². The van der Waals surface area contributed by atoms with Crippen molar-refractivity contribution in [1.82, 2.24) is 14.9 Å². The van der Waals surface area contributed by atoms with Gasteiger partial charge in [0, 0.05) is 31.2 Å². The van der Waals surface area contributed by atoms with Crippen LogP contribution >= 0.6 is 0 Å². The summed E-state index contributed by atoms with van der Waals surface area (Å²) in [6.07, 6.45) is -2.29. The maximum atomic E-state index is 13.2. The highest BCUT2D eigenvalue weighted by Crippen LogP contribution is 2.33. The van der Waals surface area contributed by atoms with Crippen molar-refractivity contribution in [1.29, 1.82) is 0 Å². The van der Waals surface area contributed by atoms with E-state index in [1.807, 2.05) is 24.0 Å². The number of piperazine rings is 1. The number of aryl methyl sites for hydroxylation is 1. The smallest absolute Gasteiger partial charge is 0.352 e. The van der Waals surface area contributed by atoms with E-state index >= 15 is 0 Å². The number of imide groups is 1. The summed E-state index contributed by atoms with van der Waals surface area (Å²) in [5, 5.41) is 0.461. The van der Waals surface area contributed by atoms with Crippen molar-refractivity contribution in [2.75, 3.05) is 29.4 Å². The molecule has 1 atom stereocenters. The Labute approximate surface area is 187 Å². The summed E-state index contributed by atoms with van der Waals surface area (Å²) >= 11 is 0. The molecule has 2 fully saturated rings. The number of benzene rings is 1. The van der Waals surface area contributed by atoms with Crippen LogP contribution in [-0.4, -0.2) is 52.5 Å². The van der Waals surface area contributed by atoms with Crippen molar-refractivity contribution in [3.8, 4) is 0 Å². The van der Waals surface area contributed by atoms with Crippen LogP contribution in [0.15, 0.2) is 48.7 Å². The molecule has 3 aromatic rings. The van der Waals surface area contributed by atoms with Crippen LogP contribution in [0.3, 0.4) is 0 Å². The van der Waals surface area contributed by atoms with Gasteiger partial charge in [0.25, 0.3) is 5.91 Å². The molecule has 5 rings (SSSR count). The zero-order valence-corrected chi connectivity index (χ0v) is 17.7. The Bertz CT molecular complexity index is 1250. The minimum atomic E-state index is -4.54. The molecule has 33 heavy (non-hydrogen) atoms. The third kappa shape index (κ3) is 3.55. The highest BCUT2D eigenvalue weighted by molar-refractivity contribution is 6.21. The van der Waals surface area contributed by atoms with E-state index in [9.17, 15) is 22.8 Å². The second kappa shape index (κ2) is 7.72. The fourth-order valence-corrected chi connectivity index (χ4v) is 4.35. The van der Waals surface area contributed by atoms with Crippen molar-refractivity contribution in [3.63, 3.8) is 0 Å². The molecule has 170 valence electrons. The van der Waals surface area contributed by atoms with Gasteiger partial charge in [0.15, 0.2) is 0 Å². The van der Waals surface area contributed by atoms with Gasteiger partial charge in [-0.1, -0.05) is 19.1 Å². The molecule has 0 saturated carbocycles. The molecule has 2 aliphatic heterocycles. The quantitative estimate of drug-likeness (QED) is 0.561. The fourth-order valence-electron chi connectivity index (χ4n) is 4.35. The molecule has 4 heterocycles. The number of urea groups is 1. The van der Waals surface area contributed by atoms with Crippen molar-refractivity contribution in [3.05, 3.63) is 59.9 Å². The number of pyridine rings is 2. The van der Waals surface area contributed by atoms with Crippen LogP contribution in [0, 0.1) is 0 Å². The summed E-state index contributed by atoms with van der Waals surface area (Å²) in [7, 11) is 0. The van der Waals surface area contributed by atoms with Gasteiger partial charge in [-0.2, -0.15) is 13.2 Å². The maximum absolute atomic E-state index is 13.2. The Morgan fingerprint density at radius 2 is 1.79 bits per heavy atom. The normalized spacial score (nSPS) is 18.9. The van der Waals surface area contributed by atoms with Gasteiger partial charge in [-0.3, -0.25) is 4.79 Å². The molecule has 0 radical (unpaired) electrons. The summed E-state index contributed by atoms with van der Waals surface area (Å²) in [5.74, 6) is 0.117. The van der Waals surface area contributed by atoms with Gasteiger partial charge in [-0.25, -0.2) is 19.7 Å². The zero-order valence-electron chi connectivity index (χ0n) is 17.7. The predicted octanol–water partition coefficient (Wildman–Crippen LogP) is 3.87. The molecule has 2 saturated heterocycles. The van der Waals surface area contributed by atoms with Crippen molar-refractivity contribution < 1.29 is 22.8 Å². The molecule has 0 N–H and O–H groups in total. The third-order valence-corrected chi connectivity index (χ3v) is 6.11. The van der Waals surface area contributed by atoms with E-state index in [4.69, 9.17) is 0 Å². The van der Waals surface area contributed by atoms with Crippen molar-refractivity contribution >= 4 is 34.3 Å². The van der Waals surface area contributed by atoms with Crippen molar-refractivity contribution in [2.24, 2.45) is 0 Å². The van der Waals surface area contributed by atoms with Crippen LogP contribution in [0.4, 0.5) is 29.5 Å². The standard InChI is InChI=1S/C23H20F3N5O2/c1-2-14-3-5-15(6-4-14)31-21(32)18-13-29(11-12-30(18)22(31)33)20-16-7-8-19(23(24,25)26)28-17(16)9-10-27-20/h3-10,18H,2,11-13H2,1H3. The van der Waals surface area contributed by atoms with Crippen LogP contribution < -0.4 is 9.80 Å². The second-order valence-electron chi connectivity index (χ2n) is 8.03. The number of fused-ring (bicyclic) bond motifs is 2. The number of nitrogens with zero attached hydrogens (tertiary/aromatic N) is 5. The SMILES string of the molecule is CCc1ccc(N2C(=O)C3CN(c4nccc5nc(C(F)(F)F)ccc45)CCN3C2=O)cc1. The molecule has 0 bridgehead atoms. The number of rotatable bonds is 3. The predicted molar refractivity (Wildman–Crippen MR) is 116 cm³/mol. The molecule has 2 aliphatic rings. The van der Waals surface area contributed by atoms with E-state index in [2.05, 4.69) is 9.97 Å². The van der Waals surface area contributed by atoms with Crippen LogP contribution in [0.2, 0.25) is 0 Å². The van der Waals surface area contributed by atoms with Gasteiger partial charge in [0.2, 0.25) is 0 Å². The van der Waals surface area contributed by atoms with Gasteiger partial charge >= 0.3 is 12.2 Å². The Kier molecular flexibility index (Phi) is 4.95. The first-order valence-corrected chi connectivity index (χ1v) is 10.6. The number of aromatic nitrogens is 2. The molecule has 2 aromatic heterocycles. The minimum Gasteiger partial charge on any atom is -0.352 e. The van der Waals surface area contributed by atoms with E-state index in [1.54, 1.807) is 12.1 Å². The largest absolute Gasteiger partial charge is 0.433 e. The van der Waals surface area contributed by atoms with E-state index in [-0.39, 0.29) is 24.0 Å². The number of hydrogen-bond acceptors (Lipinski definition) is 5. The number of carbonyl (C=O) groups is 2. The maximum Gasteiger partial charge on any atom is 0.433 e. The molecule has 0 aliphatic carbocycles. The average molecular weight is 455 g/mol. The lowest BCUT2D eigenvalue weighted by Crippen LogP contribution is -2.53. The molecule has 1 aromatic carbocycles. The average Bonchev–Trinajstić information content (AvgIpc) is 3.07. The fraction of sp³-hybridized carbons (Fsp3) is 0.304. The van der Waals surface area contributed by atoms with Gasteiger partial charge in [-0.05, 0) is 42.3 Å². The monoisotopic (exact) mass is 455 g/mol. The first-order valence-electron chi connectivity index (χ1n) is 10.6. The van der Waals surface area contributed by atoms with E-state index < -0.39 is 17.9 Å². The molecule has 7 nitrogen and oxygen atoms in total. The van der Waals surface area contributed by atoms with E-state index in [0.29, 0.717) is 30.0 Å². The lowest BCUT2D eigenvalue weighted by atomic mass is 10.1. The van der Waals surface area contributed by atoms with Gasteiger partial charge < -0.3 is 9.80 Å². The Balaban J connectivity index is 1.43. The number of carbonyl (C=O) groups excluding carboxylic acids is 2. The number of amides is 3. The summed E-state index contributed by atoms with van der Waals surface area (Å²) in [5.41, 5.74) is 0.823. The Hall–Kier alpha value is -3.69. The van der Waals surface area contributed by atoms with Crippen LogP contribution in [-0.2, 0) is 17.4 Å². The highest BCUT2D eigenvalue weighted by Gasteiger charge is 2.48. The second-order valence-corrected chi connectivity index (χ2v) is 8.03. The summed E-state index contributed by atoms with van der Waals surface area (Å²) in [4.78, 5) is 38.8. The highest BCUT2D eigenvalue weighted by atomic mass is 19.4. The Morgan fingerprint density at radius 1 is 1.03 bits per heavy atom. The zero-order chi connectivity index (χ0) is 23.3.